The van der Waals surface area contributed by atoms with E-state index in [1.807, 2.05) is 30.3 Å². The molecule has 1 saturated carbocycles. The summed E-state index contributed by atoms with van der Waals surface area (Å²) in [5.41, 5.74) is 1.16. The summed E-state index contributed by atoms with van der Waals surface area (Å²) in [6.45, 7) is 1.20. The average Bonchev–Trinajstić information content (AvgIpc) is 2.80. The Morgan fingerprint density at radius 1 is 1.00 bits per heavy atom. The van der Waals surface area contributed by atoms with Crippen molar-refractivity contribution in [1.82, 2.24) is 0 Å². The standard InChI is InChI=1S/C20H20ClNO3/c21-15-12-17-18(25-11-5-10-24-17)13-16(15)22-19(23)20(8-4-9-20)14-6-2-1-3-7-14/h1-3,6-7,12-13H,4-5,8-11H2,(H,22,23). The van der Waals surface area contributed by atoms with Gasteiger partial charge >= 0.3 is 0 Å². The Balaban J connectivity index is 1.61. The van der Waals surface area contributed by atoms with Crippen molar-refractivity contribution in [3.05, 3.63) is 53.1 Å². The zero-order valence-electron chi connectivity index (χ0n) is 13.9. The maximum absolute atomic E-state index is 13.1. The lowest BCUT2D eigenvalue weighted by Gasteiger charge is -2.40. The predicted molar refractivity (Wildman–Crippen MR) is 97.7 cm³/mol. The number of rotatable bonds is 3. The van der Waals surface area contributed by atoms with E-state index in [0.717, 1.165) is 31.2 Å². The van der Waals surface area contributed by atoms with Crippen LogP contribution in [0.2, 0.25) is 5.02 Å². The molecule has 0 bridgehead atoms. The van der Waals surface area contributed by atoms with E-state index in [0.29, 0.717) is 35.4 Å². The highest BCUT2D eigenvalue weighted by Crippen LogP contribution is 2.45. The van der Waals surface area contributed by atoms with Gasteiger partial charge in [-0.15, -0.1) is 0 Å². The summed E-state index contributed by atoms with van der Waals surface area (Å²) in [6, 6.07) is 13.4. The van der Waals surface area contributed by atoms with Gasteiger partial charge in [-0.05, 0) is 18.4 Å². The summed E-state index contributed by atoms with van der Waals surface area (Å²) in [6.07, 6.45) is 3.58. The first kappa shape index (κ1) is 16.3. The molecule has 1 aliphatic carbocycles. The normalized spacial score (nSPS) is 18.0. The molecule has 4 nitrogen and oxygen atoms in total. The third-order valence-electron chi connectivity index (χ3n) is 5.05. The van der Waals surface area contributed by atoms with Crippen LogP contribution in [-0.2, 0) is 10.2 Å². The quantitative estimate of drug-likeness (QED) is 0.875. The van der Waals surface area contributed by atoms with Gasteiger partial charge in [-0.3, -0.25) is 4.79 Å². The SMILES string of the molecule is O=C(Nc1cc2c(cc1Cl)OCCCO2)C1(c2ccccc2)CCC1. The van der Waals surface area contributed by atoms with Crippen LogP contribution in [0.1, 0.15) is 31.2 Å². The number of nitrogens with one attached hydrogen (secondary N) is 1. The Hall–Kier alpha value is -2.20. The minimum absolute atomic E-state index is 0.0126. The van der Waals surface area contributed by atoms with E-state index < -0.39 is 5.41 Å². The van der Waals surface area contributed by atoms with Crippen molar-refractivity contribution in [2.45, 2.75) is 31.1 Å². The van der Waals surface area contributed by atoms with Gasteiger partial charge in [0.1, 0.15) is 0 Å². The molecule has 4 rings (SSSR count). The molecule has 0 aromatic heterocycles. The first-order valence-electron chi connectivity index (χ1n) is 8.65. The van der Waals surface area contributed by atoms with Crippen LogP contribution in [0.4, 0.5) is 5.69 Å². The van der Waals surface area contributed by atoms with Gasteiger partial charge in [0.25, 0.3) is 0 Å². The molecular formula is C20H20ClNO3. The van der Waals surface area contributed by atoms with E-state index in [1.54, 1.807) is 12.1 Å². The number of carbonyl (C=O) groups is 1. The first-order valence-corrected chi connectivity index (χ1v) is 9.03. The summed E-state index contributed by atoms with van der Waals surface area (Å²) in [7, 11) is 0. The maximum atomic E-state index is 13.1. The summed E-state index contributed by atoms with van der Waals surface area (Å²) >= 11 is 6.37. The van der Waals surface area contributed by atoms with Gasteiger partial charge in [-0.1, -0.05) is 48.4 Å². The topological polar surface area (TPSA) is 47.6 Å². The lowest BCUT2D eigenvalue weighted by molar-refractivity contribution is -0.124. The first-order chi connectivity index (χ1) is 12.2. The second-order valence-corrected chi connectivity index (χ2v) is 6.99. The maximum Gasteiger partial charge on any atom is 0.235 e. The van der Waals surface area contributed by atoms with Crippen molar-refractivity contribution in [3.8, 4) is 11.5 Å². The molecule has 1 fully saturated rings. The molecule has 1 amide bonds. The van der Waals surface area contributed by atoms with Gasteiger partial charge in [0, 0.05) is 18.6 Å². The van der Waals surface area contributed by atoms with Gasteiger partial charge in [0.15, 0.2) is 11.5 Å². The number of ether oxygens (including phenoxy) is 2. The van der Waals surface area contributed by atoms with Gasteiger partial charge in [0.05, 0.1) is 29.3 Å². The molecule has 0 saturated heterocycles. The van der Waals surface area contributed by atoms with E-state index in [-0.39, 0.29) is 5.91 Å². The van der Waals surface area contributed by atoms with Crippen LogP contribution in [0.25, 0.3) is 0 Å². The molecule has 130 valence electrons. The lowest BCUT2D eigenvalue weighted by Crippen LogP contribution is -2.46. The number of hydrogen-bond acceptors (Lipinski definition) is 3. The van der Waals surface area contributed by atoms with Crippen LogP contribution >= 0.6 is 11.6 Å². The second-order valence-electron chi connectivity index (χ2n) is 6.59. The molecule has 0 radical (unpaired) electrons. The minimum atomic E-state index is -0.464. The molecule has 0 unspecified atom stereocenters. The van der Waals surface area contributed by atoms with Gasteiger partial charge < -0.3 is 14.8 Å². The Morgan fingerprint density at radius 2 is 1.68 bits per heavy atom. The third kappa shape index (κ3) is 2.95. The Kier molecular flexibility index (Phi) is 4.30. The zero-order chi connectivity index (χ0) is 17.3. The second kappa shape index (κ2) is 6.60. The fourth-order valence-corrected chi connectivity index (χ4v) is 3.66. The minimum Gasteiger partial charge on any atom is -0.490 e. The Morgan fingerprint density at radius 3 is 2.32 bits per heavy atom. The number of benzene rings is 2. The molecule has 25 heavy (non-hydrogen) atoms. The van der Waals surface area contributed by atoms with Crippen molar-refractivity contribution in [2.24, 2.45) is 0 Å². The highest BCUT2D eigenvalue weighted by Gasteiger charge is 2.45. The molecular weight excluding hydrogens is 338 g/mol. The molecule has 2 aromatic rings. The molecule has 2 aromatic carbocycles. The van der Waals surface area contributed by atoms with Crippen molar-refractivity contribution >= 4 is 23.2 Å². The van der Waals surface area contributed by atoms with Gasteiger partial charge in [-0.2, -0.15) is 0 Å². The van der Waals surface area contributed by atoms with E-state index in [4.69, 9.17) is 21.1 Å². The number of amides is 1. The van der Waals surface area contributed by atoms with Gasteiger partial charge in [-0.25, -0.2) is 0 Å². The van der Waals surface area contributed by atoms with Crippen molar-refractivity contribution in [2.75, 3.05) is 18.5 Å². The summed E-state index contributed by atoms with van der Waals surface area (Å²) < 4.78 is 11.3. The van der Waals surface area contributed by atoms with Gasteiger partial charge in [0.2, 0.25) is 5.91 Å². The van der Waals surface area contributed by atoms with E-state index in [9.17, 15) is 4.79 Å². The number of halogens is 1. The molecule has 2 aliphatic rings. The largest absolute Gasteiger partial charge is 0.490 e. The fraction of sp³-hybridized carbons (Fsp3) is 0.350. The molecule has 1 N–H and O–H groups in total. The number of carbonyl (C=O) groups excluding carboxylic acids is 1. The Labute approximate surface area is 152 Å². The molecule has 0 atom stereocenters. The summed E-state index contributed by atoms with van der Waals surface area (Å²) in [5, 5.41) is 3.47. The monoisotopic (exact) mass is 357 g/mol. The van der Waals surface area contributed by atoms with Crippen molar-refractivity contribution in [1.29, 1.82) is 0 Å². The lowest BCUT2D eigenvalue weighted by atomic mass is 9.64. The highest BCUT2D eigenvalue weighted by molar-refractivity contribution is 6.34. The highest BCUT2D eigenvalue weighted by atomic mass is 35.5. The predicted octanol–water partition coefficient (Wildman–Crippen LogP) is 4.56. The van der Waals surface area contributed by atoms with Crippen LogP contribution in [0.5, 0.6) is 11.5 Å². The van der Waals surface area contributed by atoms with E-state index >= 15 is 0 Å². The van der Waals surface area contributed by atoms with Crippen LogP contribution in [0.3, 0.4) is 0 Å². The Bertz CT molecular complexity index is 787. The fourth-order valence-electron chi connectivity index (χ4n) is 3.46. The summed E-state index contributed by atoms with van der Waals surface area (Å²) in [4.78, 5) is 13.1. The summed E-state index contributed by atoms with van der Waals surface area (Å²) in [5.74, 6) is 1.24. The smallest absolute Gasteiger partial charge is 0.235 e. The average molecular weight is 358 g/mol. The van der Waals surface area contributed by atoms with E-state index in [1.165, 1.54) is 0 Å². The number of fused-ring (bicyclic) bond motifs is 1. The van der Waals surface area contributed by atoms with Crippen LogP contribution in [0, 0.1) is 0 Å². The zero-order valence-corrected chi connectivity index (χ0v) is 14.6. The number of hydrogen-bond donors (Lipinski definition) is 1. The van der Waals surface area contributed by atoms with Crippen LogP contribution in [0.15, 0.2) is 42.5 Å². The third-order valence-corrected chi connectivity index (χ3v) is 5.37. The van der Waals surface area contributed by atoms with Crippen LogP contribution in [-0.4, -0.2) is 19.1 Å². The molecule has 1 heterocycles. The molecule has 0 spiro atoms. The molecule has 5 heteroatoms. The number of anilines is 1. The van der Waals surface area contributed by atoms with Crippen molar-refractivity contribution < 1.29 is 14.3 Å². The van der Waals surface area contributed by atoms with E-state index in [2.05, 4.69) is 5.32 Å². The molecule has 1 aliphatic heterocycles. The van der Waals surface area contributed by atoms with Crippen LogP contribution < -0.4 is 14.8 Å². The van der Waals surface area contributed by atoms with Crippen molar-refractivity contribution in [3.63, 3.8) is 0 Å².